The number of hydrogen-bond donors (Lipinski definition) is 2. The maximum absolute atomic E-state index is 10.4. The Labute approximate surface area is 145 Å². The van der Waals surface area contributed by atoms with Crippen LogP contribution < -0.4 is 5.32 Å². The second-order valence-corrected chi connectivity index (χ2v) is 5.92. The molecule has 0 fully saturated rings. The predicted octanol–water partition coefficient (Wildman–Crippen LogP) is 5.34. The Kier molecular flexibility index (Phi) is 6.51. The molecule has 2 aromatic carbocycles. The normalized spacial score (nSPS) is 11.1. The van der Waals surface area contributed by atoms with E-state index in [1.807, 2.05) is 60.7 Å². The van der Waals surface area contributed by atoms with Crippen LogP contribution in [0.15, 0.2) is 60.7 Å². The van der Waals surface area contributed by atoms with Crippen molar-refractivity contribution in [3.63, 3.8) is 0 Å². The van der Waals surface area contributed by atoms with Crippen LogP contribution in [-0.2, 0) is 0 Å². The van der Waals surface area contributed by atoms with Crippen molar-refractivity contribution in [3.8, 4) is 0 Å². The largest absolute Gasteiger partial charge is 0.465 e. The topological polar surface area (TPSA) is 49.3 Å². The highest BCUT2D eigenvalue weighted by Crippen LogP contribution is 2.30. The van der Waals surface area contributed by atoms with E-state index in [9.17, 15) is 4.79 Å². The number of allylic oxidation sites excluding steroid dienone is 1. The van der Waals surface area contributed by atoms with Gasteiger partial charge >= 0.3 is 6.09 Å². The minimum absolute atomic E-state index is 0.158. The lowest BCUT2D eigenvalue weighted by Gasteiger charge is -2.16. The Morgan fingerprint density at radius 1 is 0.957 bits per heavy atom. The SMILES string of the molecule is O=C(O)NCC=CCC(c1ccc(Cl)cc1)c1ccc(Cl)cc1. The van der Waals surface area contributed by atoms with Crippen LogP contribution in [0.5, 0.6) is 0 Å². The average Bonchev–Trinajstić information content (AvgIpc) is 2.53. The summed E-state index contributed by atoms with van der Waals surface area (Å²) < 4.78 is 0. The number of hydrogen-bond acceptors (Lipinski definition) is 1. The molecule has 3 nitrogen and oxygen atoms in total. The highest BCUT2D eigenvalue weighted by atomic mass is 35.5. The Bertz CT molecular complexity index is 621. The van der Waals surface area contributed by atoms with Gasteiger partial charge in [-0.3, -0.25) is 0 Å². The molecule has 0 spiro atoms. The smallest absolute Gasteiger partial charge is 0.404 e. The van der Waals surface area contributed by atoms with Gasteiger partial charge in [-0.15, -0.1) is 0 Å². The Morgan fingerprint density at radius 2 is 1.43 bits per heavy atom. The average molecular weight is 350 g/mol. The zero-order valence-corrected chi connectivity index (χ0v) is 13.9. The zero-order valence-electron chi connectivity index (χ0n) is 12.4. The van der Waals surface area contributed by atoms with Gasteiger partial charge in [0.15, 0.2) is 0 Å². The van der Waals surface area contributed by atoms with E-state index < -0.39 is 6.09 Å². The van der Waals surface area contributed by atoms with Gasteiger partial charge in [0.1, 0.15) is 0 Å². The molecule has 1 amide bonds. The molecule has 2 N–H and O–H groups in total. The summed E-state index contributed by atoms with van der Waals surface area (Å²) in [6, 6.07) is 15.5. The third-order valence-electron chi connectivity index (χ3n) is 3.45. The summed E-state index contributed by atoms with van der Waals surface area (Å²) >= 11 is 11.9. The Hall–Kier alpha value is -1.97. The lowest BCUT2D eigenvalue weighted by molar-refractivity contribution is 0.195. The molecule has 0 aliphatic heterocycles. The van der Waals surface area contributed by atoms with Gasteiger partial charge < -0.3 is 10.4 Å². The van der Waals surface area contributed by atoms with Crippen molar-refractivity contribution in [1.82, 2.24) is 5.32 Å². The molecule has 0 aromatic heterocycles. The van der Waals surface area contributed by atoms with Crippen molar-refractivity contribution in [1.29, 1.82) is 0 Å². The molecule has 0 aliphatic carbocycles. The first-order valence-electron chi connectivity index (χ1n) is 7.19. The van der Waals surface area contributed by atoms with Crippen LogP contribution in [0, 0.1) is 0 Å². The molecule has 0 unspecified atom stereocenters. The van der Waals surface area contributed by atoms with Gasteiger partial charge in [0.05, 0.1) is 0 Å². The minimum atomic E-state index is -1.03. The molecule has 0 atom stereocenters. The van der Waals surface area contributed by atoms with E-state index in [1.54, 1.807) is 0 Å². The zero-order chi connectivity index (χ0) is 16.7. The highest BCUT2D eigenvalue weighted by molar-refractivity contribution is 6.30. The monoisotopic (exact) mass is 349 g/mol. The summed E-state index contributed by atoms with van der Waals surface area (Å²) in [6.45, 7) is 0.295. The van der Waals surface area contributed by atoms with Crippen LogP contribution in [0.3, 0.4) is 0 Å². The van der Waals surface area contributed by atoms with Crippen molar-refractivity contribution in [2.75, 3.05) is 6.54 Å². The van der Waals surface area contributed by atoms with Gasteiger partial charge in [0, 0.05) is 22.5 Å². The van der Waals surface area contributed by atoms with Crippen molar-refractivity contribution >= 4 is 29.3 Å². The van der Waals surface area contributed by atoms with Crippen LogP contribution in [0.1, 0.15) is 23.5 Å². The van der Waals surface area contributed by atoms with Crippen LogP contribution in [0.25, 0.3) is 0 Å². The van der Waals surface area contributed by atoms with Crippen molar-refractivity contribution in [2.24, 2.45) is 0 Å². The number of rotatable bonds is 6. The molecule has 120 valence electrons. The fourth-order valence-corrected chi connectivity index (χ4v) is 2.57. The summed E-state index contributed by atoms with van der Waals surface area (Å²) in [5.74, 6) is 0.158. The molecule has 0 radical (unpaired) electrons. The molecule has 23 heavy (non-hydrogen) atoms. The Balaban J connectivity index is 2.16. The first kappa shape index (κ1) is 17.4. The fourth-order valence-electron chi connectivity index (χ4n) is 2.32. The number of benzene rings is 2. The van der Waals surface area contributed by atoms with E-state index >= 15 is 0 Å². The van der Waals surface area contributed by atoms with E-state index in [1.165, 1.54) is 0 Å². The van der Waals surface area contributed by atoms with E-state index in [0.29, 0.717) is 16.6 Å². The lowest BCUT2D eigenvalue weighted by atomic mass is 9.88. The first-order valence-corrected chi connectivity index (χ1v) is 7.94. The van der Waals surface area contributed by atoms with Gasteiger partial charge in [-0.1, -0.05) is 59.6 Å². The molecular weight excluding hydrogens is 333 g/mol. The number of amides is 1. The first-order chi connectivity index (χ1) is 11.1. The van der Waals surface area contributed by atoms with Gasteiger partial charge in [-0.05, 0) is 41.8 Å². The summed E-state index contributed by atoms with van der Waals surface area (Å²) in [7, 11) is 0. The third-order valence-corrected chi connectivity index (χ3v) is 3.96. The van der Waals surface area contributed by atoms with Gasteiger partial charge in [-0.2, -0.15) is 0 Å². The second kappa shape index (κ2) is 8.61. The molecule has 2 aromatic rings. The molecule has 5 heteroatoms. The van der Waals surface area contributed by atoms with Gasteiger partial charge in [0.2, 0.25) is 0 Å². The fraction of sp³-hybridized carbons (Fsp3) is 0.167. The van der Waals surface area contributed by atoms with Crippen molar-refractivity contribution in [3.05, 3.63) is 81.9 Å². The molecule has 0 saturated heterocycles. The number of halogens is 2. The van der Waals surface area contributed by atoms with Crippen LogP contribution in [0.2, 0.25) is 10.0 Å². The maximum Gasteiger partial charge on any atom is 0.404 e. The molecule has 2 rings (SSSR count). The summed E-state index contributed by atoms with van der Waals surface area (Å²) in [5, 5.41) is 12.3. The quantitative estimate of drug-likeness (QED) is 0.691. The van der Waals surface area contributed by atoms with Crippen molar-refractivity contribution < 1.29 is 9.90 Å². The highest BCUT2D eigenvalue weighted by Gasteiger charge is 2.12. The van der Waals surface area contributed by atoms with Crippen LogP contribution >= 0.6 is 23.2 Å². The third kappa shape index (κ3) is 5.62. The summed E-state index contributed by atoms with van der Waals surface area (Å²) in [5.41, 5.74) is 2.29. The lowest BCUT2D eigenvalue weighted by Crippen LogP contribution is -2.20. The van der Waals surface area contributed by atoms with E-state index in [-0.39, 0.29) is 5.92 Å². The standard InChI is InChI=1S/C18H17Cl2NO2/c19-15-8-4-13(5-9-15)17(3-1-2-12-21-18(22)23)14-6-10-16(20)11-7-14/h1-2,4-11,17,21H,3,12H2,(H,22,23). The number of carbonyl (C=O) groups is 1. The molecule has 0 saturated carbocycles. The molecule has 0 bridgehead atoms. The Morgan fingerprint density at radius 3 is 1.87 bits per heavy atom. The minimum Gasteiger partial charge on any atom is -0.465 e. The number of nitrogens with one attached hydrogen (secondary N) is 1. The van der Waals surface area contributed by atoms with Crippen LogP contribution in [-0.4, -0.2) is 17.7 Å². The molecular formula is C18H17Cl2NO2. The van der Waals surface area contributed by atoms with E-state index in [2.05, 4.69) is 5.32 Å². The molecule has 0 aliphatic rings. The summed E-state index contributed by atoms with van der Waals surface area (Å²) in [6.07, 6.45) is 3.52. The number of carboxylic acid groups (broad SMARTS) is 1. The van der Waals surface area contributed by atoms with Gasteiger partial charge in [-0.25, -0.2) is 4.79 Å². The second-order valence-electron chi connectivity index (χ2n) is 5.05. The van der Waals surface area contributed by atoms with E-state index in [4.69, 9.17) is 28.3 Å². The predicted molar refractivity (Wildman–Crippen MR) is 94.5 cm³/mol. The maximum atomic E-state index is 10.4. The van der Waals surface area contributed by atoms with Gasteiger partial charge in [0.25, 0.3) is 0 Å². The van der Waals surface area contributed by atoms with E-state index in [0.717, 1.165) is 17.5 Å². The van der Waals surface area contributed by atoms with Crippen LogP contribution in [0.4, 0.5) is 4.79 Å². The summed E-state index contributed by atoms with van der Waals surface area (Å²) in [4.78, 5) is 10.4. The molecule has 0 heterocycles. The van der Waals surface area contributed by atoms with Crippen molar-refractivity contribution in [2.45, 2.75) is 12.3 Å².